The van der Waals surface area contributed by atoms with Crippen molar-refractivity contribution in [3.8, 4) is 11.1 Å². The molecule has 27 heavy (non-hydrogen) atoms. The number of amides is 2. The van der Waals surface area contributed by atoms with Gasteiger partial charge in [-0.15, -0.1) is 0 Å². The normalized spacial score (nSPS) is 17.0. The van der Waals surface area contributed by atoms with Gasteiger partial charge in [0.25, 0.3) is 5.91 Å². The number of halogens is 1. The minimum absolute atomic E-state index is 0.0985. The highest BCUT2D eigenvalue weighted by Crippen LogP contribution is 2.26. The number of likely N-dealkylation sites (tertiary alicyclic amines) is 1. The van der Waals surface area contributed by atoms with Gasteiger partial charge in [-0.2, -0.15) is 0 Å². The number of hydrogen-bond acceptors (Lipinski definition) is 2. The van der Waals surface area contributed by atoms with E-state index in [1.807, 2.05) is 31.2 Å². The van der Waals surface area contributed by atoms with Gasteiger partial charge in [0, 0.05) is 19.5 Å². The minimum atomic E-state index is -0.502. The number of nitrogens with two attached hydrogens (primary N) is 1. The van der Waals surface area contributed by atoms with Crippen LogP contribution in [0, 0.1) is 18.7 Å². The van der Waals surface area contributed by atoms with E-state index in [1.165, 1.54) is 6.07 Å². The first-order valence-corrected chi connectivity index (χ1v) is 9.38. The summed E-state index contributed by atoms with van der Waals surface area (Å²) >= 11 is 0. The van der Waals surface area contributed by atoms with Crippen molar-refractivity contribution in [2.75, 3.05) is 13.1 Å². The Hall–Kier alpha value is -2.69. The highest BCUT2D eigenvalue weighted by atomic mass is 19.1. The molecule has 0 saturated carbocycles. The molecule has 0 bridgehead atoms. The molecule has 1 unspecified atom stereocenters. The summed E-state index contributed by atoms with van der Waals surface area (Å²) in [6.45, 7) is 3.16. The molecule has 2 aromatic carbocycles. The summed E-state index contributed by atoms with van der Waals surface area (Å²) in [6.07, 6.45) is 2.82. The van der Waals surface area contributed by atoms with Crippen molar-refractivity contribution in [3.63, 3.8) is 0 Å². The first-order chi connectivity index (χ1) is 12.9. The second-order valence-electron chi connectivity index (χ2n) is 7.33. The summed E-state index contributed by atoms with van der Waals surface area (Å²) in [5.74, 6) is -0.870. The van der Waals surface area contributed by atoms with Crippen molar-refractivity contribution >= 4 is 11.8 Å². The molecule has 1 heterocycles. The fourth-order valence-electron chi connectivity index (χ4n) is 3.62. The quantitative estimate of drug-likeness (QED) is 0.869. The predicted octanol–water partition coefficient (Wildman–Crippen LogP) is 3.92. The van der Waals surface area contributed by atoms with Crippen molar-refractivity contribution < 1.29 is 14.0 Å². The number of carbonyl (C=O) groups excluding carboxylic acids is 2. The predicted molar refractivity (Wildman–Crippen MR) is 104 cm³/mol. The van der Waals surface area contributed by atoms with Crippen LogP contribution >= 0.6 is 0 Å². The van der Waals surface area contributed by atoms with Crippen LogP contribution in [0.4, 0.5) is 4.39 Å². The molecule has 1 aliphatic heterocycles. The van der Waals surface area contributed by atoms with Gasteiger partial charge in [-0.05, 0) is 55.4 Å². The molecule has 2 amide bonds. The second kappa shape index (κ2) is 8.33. The third-order valence-electron chi connectivity index (χ3n) is 5.19. The van der Waals surface area contributed by atoms with Crippen LogP contribution in [0.2, 0.25) is 0 Å². The van der Waals surface area contributed by atoms with Gasteiger partial charge < -0.3 is 10.6 Å². The van der Waals surface area contributed by atoms with Crippen LogP contribution in [0.5, 0.6) is 0 Å². The fraction of sp³-hybridized carbons (Fsp3) is 0.364. The summed E-state index contributed by atoms with van der Waals surface area (Å²) in [4.78, 5) is 25.5. The van der Waals surface area contributed by atoms with E-state index < -0.39 is 5.82 Å². The van der Waals surface area contributed by atoms with Gasteiger partial charge in [-0.3, -0.25) is 9.59 Å². The van der Waals surface area contributed by atoms with Gasteiger partial charge in [-0.1, -0.05) is 35.9 Å². The third kappa shape index (κ3) is 4.73. The third-order valence-corrected chi connectivity index (χ3v) is 5.19. The molecule has 2 N–H and O–H groups in total. The maximum Gasteiger partial charge on any atom is 0.256 e. The van der Waals surface area contributed by atoms with Crippen LogP contribution in [-0.2, 0) is 4.79 Å². The molecule has 0 spiro atoms. The van der Waals surface area contributed by atoms with Crippen LogP contribution < -0.4 is 5.73 Å². The van der Waals surface area contributed by atoms with Crippen molar-refractivity contribution in [2.45, 2.75) is 32.6 Å². The standard InChI is InChI=1S/C22H25FN2O2/c1-15-4-7-17(8-5-15)18-9-10-19(20(23)13-18)22(27)25-12-2-3-16(14-25)6-11-21(24)26/h4-5,7-10,13,16H,2-3,6,11-12,14H2,1H3,(H2,24,26). The van der Waals surface area contributed by atoms with Crippen LogP contribution in [-0.4, -0.2) is 29.8 Å². The molecular formula is C22H25FN2O2. The van der Waals surface area contributed by atoms with Gasteiger partial charge in [0.1, 0.15) is 5.82 Å². The Labute approximate surface area is 159 Å². The second-order valence-corrected chi connectivity index (χ2v) is 7.33. The number of nitrogens with zero attached hydrogens (tertiary/aromatic N) is 1. The fourth-order valence-corrected chi connectivity index (χ4v) is 3.62. The topological polar surface area (TPSA) is 63.4 Å². The van der Waals surface area contributed by atoms with Gasteiger partial charge in [0.05, 0.1) is 5.56 Å². The number of aryl methyl sites for hydroxylation is 1. The Morgan fingerprint density at radius 2 is 1.85 bits per heavy atom. The molecule has 2 aromatic rings. The maximum atomic E-state index is 14.7. The average molecular weight is 368 g/mol. The van der Waals surface area contributed by atoms with Gasteiger partial charge in [-0.25, -0.2) is 4.39 Å². The van der Waals surface area contributed by atoms with E-state index in [1.54, 1.807) is 17.0 Å². The Morgan fingerprint density at radius 3 is 2.52 bits per heavy atom. The lowest BCUT2D eigenvalue weighted by atomic mass is 9.92. The van der Waals surface area contributed by atoms with E-state index in [0.717, 1.165) is 29.5 Å². The van der Waals surface area contributed by atoms with E-state index >= 15 is 0 Å². The number of rotatable bonds is 5. The van der Waals surface area contributed by atoms with Crippen molar-refractivity contribution in [1.82, 2.24) is 4.90 Å². The molecule has 0 radical (unpaired) electrons. The highest BCUT2D eigenvalue weighted by molar-refractivity contribution is 5.95. The van der Waals surface area contributed by atoms with Gasteiger partial charge in [0.15, 0.2) is 0 Å². The largest absolute Gasteiger partial charge is 0.370 e. The number of primary amides is 1. The zero-order valence-electron chi connectivity index (χ0n) is 15.6. The van der Waals surface area contributed by atoms with Crippen molar-refractivity contribution in [3.05, 3.63) is 59.4 Å². The van der Waals surface area contributed by atoms with Crippen LogP contribution in [0.1, 0.15) is 41.6 Å². The van der Waals surface area contributed by atoms with Crippen LogP contribution in [0.25, 0.3) is 11.1 Å². The van der Waals surface area contributed by atoms with E-state index in [4.69, 9.17) is 5.73 Å². The van der Waals surface area contributed by atoms with Gasteiger partial charge >= 0.3 is 0 Å². The molecule has 0 aromatic heterocycles. The SMILES string of the molecule is Cc1ccc(-c2ccc(C(=O)N3CCCC(CCC(N)=O)C3)c(F)c2)cc1. The molecule has 142 valence electrons. The summed E-state index contributed by atoms with van der Waals surface area (Å²) < 4.78 is 14.7. The highest BCUT2D eigenvalue weighted by Gasteiger charge is 2.26. The molecule has 1 aliphatic rings. The molecular weight excluding hydrogens is 343 g/mol. The lowest BCUT2D eigenvalue weighted by Crippen LogP contribution is -2.40. The average Bonchev–Trinajstić information content (AvgIpc) is 2.66. The molecule has 1 saturated heterocycles. The summed E-state index contributed by atoms with van der Waals surface area (Å²) in [5.41, 5.74) is 8.13. The Balaban J connectivity index is 1.72. The molecule has 1 atom stereocenters. The lowest BCUT2D eigenvalue weighted by molar-refractivity contribution is -0.118. The summed E-state index contributed by atoms with van der Waals surface area (Å²) in [7, 11) is 0. The van der Waals surface area contributed by atoms with E-state index in [-0.39, 0.29) is 23.3 Å². The van der Waals surface area contributed by atoms with Crippen molar-refractivity contribution in [1.29, 1.82) is 0 Å². The number of carbonyl (C=O) groups is 2. The minimum Gasteiger partial charge on any atom is -0.370 e. The maximum absolute atomic E-state index is 14.7. The van der Waals surface area contributed by atoms with E-state index in [9.17, 15) is 14.0 Å². The monoisotopic (exact) mass is 368 g/mol. The summed E-state index contributed by atoms with van der Waals surface area (Å²) in [6, 6.07) is 12.6. The zero-order valence-corrected chi connectivity index (χ0v) is 15.6. The summed E-state index contributed by atoms with van der Waals surface area (Å²) in [5, 5.41) is 0. The zero-order chi connectivity index (χ0) is 19.4. The Kier molecular flexibility index (Phi) is 5.89. The number of benzene rings is 2. The molecule has 5 heteroatoms. The van der Waals surface area contributed by atoms with Crippen LogP contribution in [0.3, 0.4) is 0 Å². The number of hydrogen-bond donors (Lipinski definition) is 1. The Bertz CT molecular complexity index is 833. The Morgan fingerprint density at radius 1 is 1.15 bits per heavy atom. The first-order valence-electron chi connectivity index (χ1n) is 9.38. The number of piperidine rings is 1. The first kappa shape index (κ1) is 19.1. The molecule has 4 nitrogen and oxygen atoms in total. The van der Waals surface area contributed by atoms with Crippen molar-refractivity contribution in [2.24, 2.45) is 11.7 Å². The van der Waals surface area contributed by atoms with Gasteiger partial charge in [0.2, 0.25) is 5.91 Å². The van der Waals surface area contributed by atoms with E-state index in [0.29, 0.717) is 25.9 Å². The molecule has 3 rings (SSSR count). The molecule has 0 aliphatic carbocycles. The lowest BCUT2D eigenvalue weighted by Gasteiger charge is -2.33. The smallest absolute Gasteiger partial charge is 0.256 e. The molecule has 1 fully saturated rings. The van der Waals surface area contributed by atoms with E-state index in [2.05, 4.69) is 0 Å². The van der Waals surface area contributed by atoms with Crippen LogP contribution in [0.15, 0.2) is 42.5 Å².